The zero-order chi connectivity index (χ0) is 6.48. The first kappa shape index (κ1) is 5.69. The molecule has 0 spiro atoms. The van der Waals surface area contributed by atoms with Gasteiger partial charge in [-0.3, -0.25) is 0 Å². The molecule has 3 unspecified atom stereocenters. The maximum absolute atomic E-state index is 5.79. The molecule has 2 fully saturated rings. The van der Waals surface area contributed by atoms with E-state index >= 15 is 0 Å². The second-order valence-electron chi connectivity index (χ2n) is 3.18. The van der Waals surface area contributed by atoms with Gasteiger partial charge in [0.15, 0.2) is 0 Å². The van der Waals surface area contributed by atoms with Crippen LogP contribution in [0, 0.1) is 5.92 Å². The zero-order valence-corrected chi connectivity index (χ0v) is 5.76. The summed E-state index contributed by atoms with van der Waals surface area (Å²) >= 11 is 0. The predicted molar refractivity (Wildman–Crippen MR) is 35.1 cm³/mol. The molecule has 0 saturated heterocycles. The van der Waals surface area contributed by atoms with E-state index in [1.165, 1.54) is 19.3 Å². The molecule has 9 heavy (non-hydrogen) atoms. The second kappa shape index (κ2) is 1.50. The van der Waals surface area contributed by atoms with Crippen LogP contribution in [0.2, 0.25) is 0 Å². The van der Waals surface area contributed by atoms with Crippen molar-refractivity contribution in [3.63, 3.8) is 0 Å². The maximum Gasteiger partial charge on any atom is 0.0876 e. The highest BCUT2D eigenvalue weighted by atomic mass is 16.5. The van der Waals surface area contributed by atoms with Gasteiger partial charge in [0.1, 0.15) is 0 Å². The van der Waals surface area contributed by atoms with E-state index in [4.69, 9.17) is 10.5 Å². The van der Waals surface area contributed by atoms with E-state index in [2.05, 4.69) is 0 Å². The van der Waals surface area contributed by atoms with Crippen molar-refractivity contribution in [1.82, 2.24) is 0 Å². The van der Waals surface area contributed by atoms with Gasteiger partial charge < -0.3 is 10.5 Å². The average Bonchev–Trinajstić information content (AvgIpc) is 2.29. The first-order valence-electron chi connectivity index (χ1n) is 3.62. The van der Waals surface area contributed by atoms with Gasteiger partial charge in [-0.15, -0.1) is 0 Å². The third-order valence-corrected chi connectivity index (χ3v) is 2.98. The lowest BCUT2D eigenvalue weighted by Crippen LogP contribution is -2.21. The van der Waals surface area contributed by atoms with Gasteiger partial charge in [-0.05, 0) is 12.8 Å². The molecule has 3 atom stereocenters. The maximum atomic E-state index is 5.79. The van der Waals surface area contributed by atoms with Crippen LogP contribution in [0.3, 0.4) is 0 Å². The molecule has 0 heterocycles. The molecule has 2 rings (SSSR count). The minimum Gasteiger partial charge on any atom is -0.376 e. The third kappa shape index (κ3) is 0.485. The van der Waals surface area contributed by atoms with Gasteiger partial charge in [-0.1, -0.05) is 6.42 Å². The summed E-state index contributed by atoms with van der Waals surface area (Å²) in [4.78, 5) is 0. The molecule has 0 aromatic carbocycles. The number of fused-ring (bicyclic) bond motifs is 1. The first-order valence-corrected chi connectivity index (χ1v) is 3.62. The molecule has 2 heteroatoms. The van der Waals surface area contributed by atoms with Crippen LogP contribution >= 0.6 is 0 Å². The molecule has 0 aromatic heterocycles. The highest BCUT2D eigenvalue weighted by Gasteiger charge is 2.65. The van der Waals surface area contributed by atoms with E-state index in [0.29, 0.717) is 12.0 Å². The van der Waals surface area contributed by atoms with Gasteiger partial charge in [-0.2, -0.15) is 0 Å². The number of hydrogen-bond donors (Lipinski definition) is 1. The summed E-state index contributed by atoms with van der Waals surface area (Å²) in [6.07, 6.45) is 3.79. The number of rotatable bonds is 1. The zero-order valence-electron chi connectivity index (χ0n) is 5.76. The standard InChI is InChI=1S/C7H13NO/c1-9-7-4-2-3-5(7)6(7)8/h5-6H,2-4,8H2,1H3. The molecule has 2 N–H and O–H groups in total. The van der Waals surface area contributed by atoms with Crippen LogP contribution in [0.15, 0.2) is 0 Å². The Hall–Kier alpha value is -0.0800. The summed E-state index contributed by atoms with van der Waals surface area (Å²) in [5, 5.41) is 0. The first-order chi connectivity index (χ1) is 4.31. The van der Waals surface area contributed by atoms with Crippen LogP contribution in [0.25, 0.3) is 0 Å². The Labute approximate surface area is 55.4 Å². The van der Waals surface area contributed by atoms with Gasteiger partial charge in [0, 0.05) is 19.1 Å². The van der Waals surface area contributed by atoms with E-state index in [0.717, 1.165) is 0 Å². The second-order valence-corrected chi connectivity index (χ2v) is 3.18. The van der Waals surface area contributed by atoms with E-state index in [1.54, 1.807) is 7.11 Å². The fraction of sp³-hybridized carbons (Fsp3) is 1.00. The lowest BCUT2D eigenvalue weighted by atomic mass is 10.2. The lowest BCUT2D eigenvalue weighted by Gasteiger charge is -2.09. The van der Waals surface area contributed by atoms with Crippen molar-refractivity contribution in [1.29, 1.82) is 0 Å². The Morgan fingerprint density at radius 3 is 2.78 bits per heavy atom. The molecular weight excluding hydrogens is 114 g/mol. The quantitative estimate of drug-likeness (QED) is 0.557. The van der Waals surface area contributed by atoms with Crippen molar-refractivity contribution in [3.8, 4) is 0 Å². The van der Waals surface area contributed by atoms with Gasteiger partial charge in [0.25, 0.3) is 0 Å². The highest BCUT2D eigenvalue weighted by molar-refractivity contribution is 5.20. The van der Waals surface area contributed by atoms with Crippen LogP contribution in [0.5, 0.6) is 0 Å². The minimum absolute atomic E-state index is 0.139. The summed E-state index contributed by atoms with van der Waals surface area (Å²) in [7, 11) is 1.78. The molecule has 0 amide bonds. The molecule has 2 saturated carbocycles. The molecule has 0 aliphatic heterocycles. The van der Waals surface area contributed by atoms with Crippen molar-refractivity contribution in [3.05, 3.63) is 0 Å². The van der Waals surface area contributed by atoms with Crippen molar-refractivity contribution in [2.24, 2.45) is 11.7 Å². The highest BCUT2D eigenvalue weighted by Crippen LogP contribution is 2.56. The number of nitrogens with two attached hydrogens (primary N) is 1. The smallest absolute Gasteiger partial charge is 0.0876 e. The van der Waals surface area contributed by atoms with E-state index in [-0.39, 0.29) is 5.60 Å². The molecule has 52 valence electrons. The van der Waals surface area contributed by atoms with Crippen LogP contribution < -0.4 is 5.73 Å². The Morgan fingerprint density at radius 2 is 2.44 bits per heavy atom. The van der Waals surface area contributed by atoms with Crippen LogP contribution in [-0.2, 0) is 4.74 Å². The van der Waals surface area contributed by atoms with E-state index < -0.39 is 0 Å². The van der Waals surface area contributed by atoms with Crippen molar-refractivity contribution < 1.29 is 4.74 Å². The van der Waals surface area contributed by atoms with Crippen molar-refractivity contribution >= 4 is 0 Å². The lowest BCUT2D eigenvalue weighted by molar-refractivity contribution is 0.0696. The topological polar surface area (TPSA) is 35.2 Å². The number of ether oxygens (including phenoxy) is 1. The summed E-state index contributed by atoms with van der Waals surface area (Å²) in [5.74, 6) is 0.697. The summed E-state index contributed by atoms with van der Waals surface area (Å²) < 4.78 is 5.36. The fourth-order valence-electron chi connectivity index (χ4n) is 2.29. The fourth-order valence-corrected chi connectivity index (χ4v) is 2.29. The summed E-state index contributed by atoms with van der Waals surface area (Å²) in [6, 6.07) is 0.358. The van der Waals surface area contributed by atoms with Crippen molar-refractivity contribution in [2.45, 2.75) is 30.9 Å². The number of methoxy groups -OCH3 is 1. The van der Waals surface area contributed by atoms with Gasteiger partial charge >= 0.3 is 0 Å². The molecule has 0 radical (unpaired) electrons. The minimum atomic E-state index is 0.139. The van der Waals surface area contributed by atoms with E-state index in [1.807, 2.05) is 0 Å². The largest absolute Gasteiger partial charge is 0.376 e. The van der Waals surface area contributed by atoms with Crippen molar-refractivity contribution in [2.75, 3.05) is 7.11 Å². The Balaban J connectivity index is 2.13. The van der Waals surface area contributed by atoms with Gasteiger partial charge in [-0.25, -0.2) is 0 Å². The van der Waals surface area contributed by atoms with Crippen LogP contribution in [0.1, 0.15) is 19.3 Å². The van der Waals surface area contributed by atoms with Crippen LogP contribution in [0.4, 0.5) is 0 Å². The molecular formula is C7H13NO. The SMILES string of the molecule is COC12CCCC1C2N. The van der Waals surface area contributed by atoms with Gasteiger partial charge in [0.05, 0.1) is 5.60 Å². The predicted octanol–water partition coefficient (Wildman–Crippen LogP) is 0.513. The normalized spacial score (nSPS) is 55.3. The van der Waals surface area contributed by atoms with E-state index in [9.17, 15) is 0 Å². The summed E-state index contributed by atoms with van der Waals surface area (Å²) in [6.45, 7) is 0. The Bertz CT molecular complexity index is 137. The molecule has 0 aromatic rings. The van der Waals surface area contributed by atoms with Gasteiger partial charge in [0.2, 0.25) is 0 Å². The number of hydrogen-bond acceptors (Lipinski definition) is 2. The third-order valence-electron chi connectivity index (χ3n) is 2.98. The monoisotopic (exact) mass is 127 g/mol. The molecule has 2 aliphatic carbocycles. The average molecular weight is 127 g/mol. The molecule has 0 bridgehead atoms. The van der Waals surface area contributed by atoms with Crippen LogP contribution in [-0.4, -0.2) is 18.8 Å². The molecule has 2 nitrogen and oxygen atoms in total. The Morgan fingerprint density at radius 1 is 1.67 bits per heavy atom. The summed E-state index contributed by atoms with van der Waals surface area (Å²) in [5.41, 5.74) is 5.93. The molecule has 2 aliphatic rings. The Kier molecular flexibility index (Phi) is 0.945.